The molecule has 1 amide bonds. The van der Waals surface area contributed by atoms with Crippen LogP contribution >= 0.6 is 0 Å². The van der Waals surface area contributed by atoms with Crippen LogP contribution in [0.15, 0.2) is 0 Å². The van der Waals surface area contributed by atoms with E-state index in [0.717, 1.165) is 19.3 Å². The van der Waals surface area contributed by atoms with E-state index in [1.54, 1.807) is 0 Å². The Hall–Kier alpha value is -0.770. The molecular formula is C13H26N2O2. The first kappa shape index (κ1) is 14.3. The predicted octanol–water partition coefficient (Wildman–Crippen LogP) is 2.42. The summed E-state index contributed by atoms with van der Waals surface area (Å²) in [6.07, 6.45) is 2.64. The molecule has 4 heteroatoms. The van der Waals surface area contributed by atoms with Crippen molar-refractivity contribution in [2.75, 3.05) is 6.54 Å². The van der Waals surface area contributed by atoms with Gasteiger partial charge in [-0.3, -0.25) is 0 Å². The molecule has 0 aliphatic heterocycles. The molecule has 0 aromatic rings. The second-order valence-electron chi connectivity index (χ2n) is 6.95. The van der Waals surface area contributed by atoms with Gasteiger partial charge >= 0.3 is 6.09 Å². The number of alkyl carbamates (subject to hydrolysis) is 1. The summed E-state index contributed by atoms with van der Waals surface area (Å²) in [7, 11) is 0. The summed E-state index contributed by atoms with van der Waals surface area (Å²) >= 11 is 0. The molecule has 17 heavy (non-hydrogen) atoms. The number of carbonyl (C=O) groups excluding carboxylic acids is 1. The summed E-state index contributed by atoms with van der Waals surface area (Å²) in [5, 5.41) is 3.00. The minimum absolute atomic E-state index is 0.0610. The lowest BCUT2D eigenvalue weighted by Crippen LogP contribution is -2.44. The Bertz CT molecular complexity index is 288. The summed E-state index contributed by atoms with van der Waals surface area (Å²) in [5.41, 5.74) is 5.27. The van der Waals surface area contributed by atoms with Gasteiger partial charge in [0, 0.05) is 5.54 Å². The highest BCUT2D eigenvalue weighted by Gasteiger charge is 2.47. The van der Waals surface area contributed by atoms with E-state index in [-0.39, 0.29) is 17.0 Å². The van der Waals surface area contributed by atoms with Crippen LogP contribution in [-0.2, 0) is 4.74 Å². The Morgan fingerprint density at radius 3 is 2.18 bits per heavy atom. The topological polar surface area (TPSA) is 64.3 Å². The number of carbonyl (C=O) groups is 1. The van der Waals surface area contributed by atoms with E-state index < -0.39 is 5.60 Å². The molecule has 0 saturated heterocycles. The molecule has 0 spiro atoms. The van der Waals surface area contributed by atoms with Gasteiger partial charge in [-0.05, 0) is 52.0 Å². The molecular weight excluding hydrogens is 216 g/mol. The number of nitrogens with two attached hydrogens (primary N) is 1. The van der Waals surface area contributed by atoms with E-state index in [1.807, 2.05) is 20.8 Å². The minimum atomic E-state index is -0.441. The molecule has 1 fully saturated rings. The quantitative estimate of drug-likeness (QED) is 0.795. The number of rotatable bonds is 4. The molecule has 0 aromatic heterocycles. The van der Waals surface area contributed by atoms with E-state index in [4.69, 9.17) is 10.5 Å². The first-order valence-corrected chi connectivity index (χ1v) is 6.29. The van der Waals surface area contributed by atoms with Crippen molar-refractivity contribution in [1.29, 1.82) is 0 Å². The molecule has 0 bridgehead atoms. The van der Waals surface area contributed by atoms with Crippen molar-refractivity contribution in [3.63, 3.8) is 0 Å². The summed E-state index contributed by atoms with van der Waals surface area (Å²) in [6, 6.07) is 0. The predicted molar refractivity (Wildman–Crippen MR) is 68.8 cm³/mol. The molecule has 0 atom stereocenters. The highest BCUT2D eigenvalue weighted by Crippen LogP contribution is 2.44. The zero-order valence-electron chi connectivity index (χ0n) is 11.7. The molecule has 1 aliphatic carbocycles. The molecule has 3 N–H and O–H groups in total. The standard InChI is InChI=1S/C13H26N2O2/c1-11(2,3)17-10(16)15-13(6-7-13)8-12(4,5)9-14/h6-9,14H2,1-5H3,(H,15,16). The van der Waals surface area contributed by atoms with Gasteiger partial charge in [-0.1, -0.05) is 13.8 Å². The summed E-state index contributed by atoms with van der Waals surface area (Å²) in [5.74, 6) is 0. The number of nitrogens with one attached hydrogen (secondary N) is 1. The Balaban J connectivity index is 2.48. The Kier molecular flexibility index (Phi) is 3.77. The Morgan fingerprint density at radius 2 is 1.82 bits per heavy atom. The lowest BCUT2D eigenvalue weighted by Gasteiger charge is -2.30. The minimum Gasteiger partial charge on any atom is -0.444 e. The molecule has 1 aliphatic rings. The lowest BCUT2D eigenvalue weighted by molar-refractivity contribution is 0.0481. The fourth-order valence-electron chi connectivity index (χ4n) is 2.01. The van der Waals surface area contributed by atoms with Crippen LogP contribution in [0.25, 0.3) is 0 Å². The van der Waals surface area contributed by atoms with Crippen LogP contribution in [0.4, 0.5) is 4.79 Å². The van der Waals surface area contributed by atoms with Gasteiger partial charge < -0.3 is 15.8 Å². The lowest BCUT2D eigenvalue weighted by atomic mass is 9.84. The number of amides is 1. The highest BCUT2D eigenvalue weighted by atomic mass is 16.6. The summed E-state index contributed by atoms with van der Waals surface area (Å²) < 4.78 is 5.28. The van der Waals surface area contributed by atoms with Gasteiger partial charge in [-0.25, -0.2) is 4.79 Å². The molecule has 0 radical (unpaired) electrons. The van der Waals surface area contributed by atoms with Gasteiger partial charge in [0.1, 0.15) is 5.60 Å². The average molecular weight is 242 g/mol. The molecule has 100 valence electrons. The largest absolute Gasteiger partial charge is 0.444 e. The van der Waals surface area contributed by atoms with E-state index in [1.165, 1.54) is 0 Å². The van der Waals surface area contributed by atoms with Crippen molar-refractivity contribution in [3.8, 4) is 0 Å². The SMILES string of the molecule is CC(C)(CN)CC1(NC(=O)OC(C)(C)C)CC1. The van der Waals surface area contributed by atoms with Crippen molar-refractivity contribution in [1.82, 2.24) is 5.32 Å². The number of hydrogen-bond acceptors (Lipinski definition) is 3. The Morgan fingerprint density at radius 1 is 1.29 bits per heavy atom. The third-order valence-electron chi connectivity index (χ3n) is 2.99. The first-order chi connectivity index (χ1) is 7.58. The van der Waals surface area contributed by atoms with Crippen molar-refractivity contribution in [2.45, 2.75) is 65.0 Å². The normalized spacial score (nSPS) is 18.7. The van der Waals surface area contributed by atoms with E-state index in [0.29, 0.717) is 6.54 Å². The van der Waals surface area contributed by atoms with Crippen molar-refractivity contribution < 1.29 is 9.53 Å². The fourth-order valence-corrected chi connectivity index (χ4v) is 2.01. The van der Waals surface area contributed by atoms with Crippen LogP contribution in [0, 0.1) is 5.41 Å². The van der Waals surface area contributed by atoms with Gasteiger partial charge in [-0.2, -0.15) is 0 Å². The third-order valence-corrected chi connectivity index (χ3v) is 2.99. The second-order valence-corrected chi connectivity index (χ2v) is 6.95. The van der Waals surface area contributed by atoms with Crippen LogP contribution in [-0.4, -0.2) is 23.8 Å². The van der Waals surface area contributed by atoms with Gasteiger partial charge in [0.15, 0.2) is 0 Å². The zero-order valence-corrected chi connectivity index (χ0v) is 11.7. The Labute approximate surface area is 104 Å². The van der Waals surface area contributed by atoms with Crippen molar-refractivity contribution in [3.05, 3.63) is 0 Å². The maximum absolute atomic E-state index is 11.7. The van der Waals surface area contributed by atoms with Crippen LogP contribution < -0.4 is 11.1 Å². The molecule has 1 rings (SSSR count). The number of ether oxygens (including phenoxy) is 1. The number of hydrogen-bond donors (Lipinski definition) is 2. The molecule has 1 saturated carbocycles. The van der Waals surface area contributed by atoms with Gasteiger partial charge in [0.25, 0.3) is 0 Å². The third kappa shape index (κ3) is 4.94. The van der Waals surface area contributed by atoms with Gasteiger partial charge in [-0.15, -0.1) is 0 Å². The fraction of sp³-hybridized carbons (Fsp3) is 0.923. The van der Waals surface area contributed by atoms with E-state index in [9.17, 15) is 4.79 Å². The second kappa shape index (κ2) is 4.48. The summed E-state index contributed by atoms with van der Waals surface area (Å²) in [4.78, 5) is 11.7. The molecule has 0 unspecified atom stereocenters. The van der Waals surface area contributed by atoms with Crippen LogP contribution in [0.2, 0.25) is 0 Å². The molecule has 0 heterocycles. The van der Waals surface area contributed by atoms with Crippen molar-refractivity contribution in [2.24, 2.45) is 11.1 Å². The van der Waals surface area contributed by atoms with E-state index in [2.05, 4.69) is 19.2 Å². The van der Waals surface area contributed by atoms with Gasteiger partial charge in [0.2, 0.25) is 0 Å². The maximum atomic E-state index is 11.7. The zero-order chi connectivity index (χ0) is 13.3. The average Bonchev–Trinajstić information content (AvgIpc) is 2.79. The monoisotopic (exact) mass is 242 g/mol. The summed E-state index contributed by atoms with van der Waals surface area (Å²) in [6.45, 7) is 10.5. The smallest absolute Gasteiger partial charge is 0.408 e. The highest BCUT2D eigenvalue weighted by molar-refractivity contribution is 5.69. The molecule has 4 nitrogen and oxygen atoms in total. The van der Waals surface area contributed by atoms with Gasteiger partial charge in [0.05, 0.1) is 0 Å². The van der Waals surface area contributed by atoms with Crippen LogP contribution in [0.3, 0.4) is 0 Å². The molecule has 0 aromatic carbocycles. The maximum Gasteiger partial charge on any atom is 0.408 e. The van der Waals surface area contributed by atoms with Crippen molar-refractivity contribution >= 4 is 6.09 Å². The van der Waals surface area contributed by atoms with Crippen LogP contribution in [0.5, 0.6) is 0 Å². The van der Waals surface area contributed by atoms with E-state index >= 15 is 0 Å². The van der Waals surface area contributed by atoms with Crippen LogP contribution in [0.1, 0.15) is 53.9 Å². The first-order valence-electron chi connectivity index (χ1n) is 6.29.